The summed E-state index contributed by atoms with van der Waals surface area (Å²) in [7, 11) is 0. The molecule has 6 heteroatoms. The first-order chi connectivity index (χ1) is 10.6. The standard InChI is InChI=1S/C17H25BrN2O2.ClH/c1-3-22-16-10-14(18)6-7-15(16)20-17(21)9-12(2)13-5-4-8-19-11-13;/h6-7,10,12-13,19H,3-5,8-9,11H2,1-2H3,(H,20,21);1H. The first-order valence-electron chi connectivity index (χ1n) is 8.03. The van der Waals surface area contributed by atoms with Crippen molar-refractivity contribution < 1.29 is 9.53 Å². The van der Waals surface area contributed by atoms with Crippen molar-refractivity contribution in [3.63, 3.8) is 0 Å². The number of halogens is 2. The van der Waals surface area contributed by atoms with Crippen molar-refractivity contribution in [1.82, 2.24) is 5.32 Å². The molecule has 130 valence electrons. The van der Waals surface area contributed by atoms with Gasteiger partial charge in [0.15, 0.2) is 0 Å². The molecule has 1 aliphatic rings. The van der Waals surface area contributed by atoms with Crippen LogP contribution in [0, 0.1) is 11.8 Å². The lowest BCUT2D eigenvalue weighted by molar-refractivity contribution is -0.117. The number of hydrogen-bond acceptors (Lipinski definition) is 3. The first kappa shape index (κ1) is 20.3. The minimum atomic E-state index is 0. The van der Waals surface area contributed by atoms with Gasteiger partial charge in [0.25, 0.3) is 0 Å². The van der Waals surface area contributed by atoms with E-state index in [0.717, 1.165) is 23.2 Å². The van der Waals surface area contributed by atoms with Gasteiger partial charge in [0, 0.05) is 10.9 Å². The number of nitrogens with one attached hydrogen (secondary N) is 2. The number of rotatable bonds is 6. The van der Waals surface area contributed by atoms with Crippen LogP contribution in [0.5, 0.6) is 5.75 Å². The molecule has 0 aromatic heterocycles. The number of hydrogen-bond donors (Lipinski definition) is 2. The molecule has 23 heavy (non-hydrogen) atoms. The maximum Gasteiger partial charge on any atom is 0.224 e. The number of benzene rings is 1. The largest absolute Gasteiger partial charge is 0.492 e. The van der Waals surface area contributed by atoms with E-state index in [1.165, 1.54) is 12.8 Å². The zero-order chi connectivity index (χ0) is 15.9. The maximum absolute atomic E-state index is 12.3. The van der Waals surface area contributed by atoms with Crippen molar-refractivity contribution in [2.24, 2.45) is 11.8 Å². The molecular weight excluding hydrogens is 380 g/mol. The lowest BCUT2D eigenvalue weighted by atomic mass is 9.85. The van der Waals surface area contributed by atoms with Crippen LogP contribution in [0.2, 0.25) is 0 Å². The Labute approximate surface area is 153 Å². The van der Waals surface area contributed by atoms with Gasteiger partial charge < -0.3 is 15.4 Å². The number of anilines is 1. The van der Waals surface area contributed by atoms with E-state index >= 15 is 0 Å². The fourth-order valence-corrected chi connectivity index (χ4v) is 3.24. The summed E-state index contributed by atoms with van der Waals surface area (Å²) >= 11 is 3.43. The molecule has 4 nitrogen and oxygen atoms in total. The van der Waals surface area contributed by atoms with Crippen molar-refractivity contribution >= 4 is 39.9 Å². The Balaban J connectivity index is 0.00000264. The van der Waals surface area contributed by atoms with E-state index in [1.54, 1.807) is 0 Å². The van der Waals surface area contributed by atoms with Gasteiger partial charge in [-0.05, 0) is 62.9 Å². The fourth-order valence-electron chi connectivity index (χ4n) is 2.90. The molecule has 2 atom stereocenters. The second-order valence-electron chi connectivity index (χ2n) is 5.91. The topological polar surface area (TPSA) is 50.4 Å². The molecule has 1 aromatic carbocycles. The van der Waals surface area contributed by atoms with E-state index in [9.17, 15) is 4.79 Å². The molecule has 2 rings (SSSR count). The first-order valence-corrected chi connectivity index (χ1v) is 8.82. The van der Waals surface area contributed by atoms with E-state index in [0.29, 0.717) is 30.6 Å². The molecular formula is C17H26BrClN2O2. The summed E-state index contributed by atoms with van der Waals surface area (Å²) in [5.41, 5.74) is 0.740. The normalized spacial score (nSPS) is 18.7. The summed E-state index contributed by atoms with van der Waals surface area (Å²) in [5.74, 6) is 1.74. The van der Waals surface area contributed by atoms with Crippen LogP contribution < -0.4 is 15.4 Å². The zero-order valence-corrected chi connectivity index (χ0v) is 16.1. The van der Waals surface area contributed by atoms with Crippen molar-refractivity contribution in [2.45, 2.75) is 33.1 Å². The summed E-state index contributed by atoms with van der Waals surface area (Å²) < 4.78 is 6.53. The number of ether oxygens (including phenoxy) is 1. The van der Waals surface area contributed by atoms with Gasteiger partial charge in [-0.3, -0.25) is 4.79 Å². The average molecular weight is 406 g/mol. The highest BCUT2D eigenvalue weighted by atomic mass is 79.9. The Morgan fingerprint density at radius 1 is 1.52 bits per heavy atom. The molecule has 1 amide bonds. The van der Waals surface area contributed by atoms with Crippen molar-refractivity contribution in [2.75, 3.05) is 25.0 Å². The Kier molecular flexibility index (Phi) is 8.95. The quantitative estimate of drug-likeness (QED) is 0.744. The highest BCUT2D eigenvalue weighted by Crippen LogP contribution is 2.29. The highest BCUT2D eigenvalue weighted by molar-refractivity contribution is 9.10. The highest BCUT2D eigenvalue weighted by Gasteiger charge is 2.22. The Morgan fingerprint density at radius 2 is 2.30 bits per heavy atom. The molecule has 0 saturated carbocycles. The predicted octanol–water partition coefficient (Wildman–Crippen LogP) is 4.23. The SMILES string of the molecule is CCOc1cc(Br)ccc1NC(=O)CC(C)C1CCCNC1.Cl. The molecule has 1 aliphatic heterocycles. The van der Waals surface area contributed by atoms with E-state index in [2.05, 4.69) is 33.5 Å². The van der Waals surface area contributed by atoms with Gasteiger partial charge in [0.05, 0.1) is 12.3 Å². The third-order valence-corrected chi connectivity index (χ3v) is 4.66. The Hall–Kier alpha value is -0.780. The lowest BCUT2D eigenvalue weighted by Gasteiger charge is -2.28. The van der Waals surface area contributed by atoms with Gasteiger partial charge in [-0.25, -0.2) is 0 Å². The van der Waals surface area contributed by atoms with Gasteiger partial charge >= 0.3 is 0 Å². The molecule has 1 saturated heterocycles. The predicted molar refractivity (Wildman–Crippen MR) is 101 cm³/mol. The minimum absolute atomic E-state index is 0. The third kappa shape index (κ3) is 6.32. The Bertz CT molecular complexity index is 507. The molecule has 0 spiro atoms. The van der Waals surface area contributed by atoms with Crippen LogP contribution in [0.3, 0.4) is 0 Å². The fraction of sp³-hybridized carbons (Fsp3) is 0.588. The minimum Gasteiger partial charge on any atom is -0.492 e. The number of carbonyl (C=O) groups is 1. The molecule has 1 heterocycles. The van der Waals surface area contributed by atoms with Crippen molar-refractivity contribution in [3.05, 3.63) is 22.7 Å². The van der Waals surface area contributed by atoms with E-state index < -0.39 is 0 Å². The molecule has 2 N–H and O–H groups in total. The molecule has 0 aliphatic carbocycles. The van der Waals surface area contributed by atoms with Crippen LogP contribution in [-0.2, 0) is 4.79 Å². The third-order valence-electron chi connectivity index (χ3n) is 4.16. The smallest absolute Gasteiger partial charge is 0.224 e. The summed E-state index contributed by atoms with van der Waals surface area (Å²) in [6.45, 7) is 6.80. The summed E-state index contributed by atoms with van der Waals surface area (Å²) in [6, 6.07) is 5.67. The molecule has 0 bridgehead atoms. The number of piperidine rings is 1. The van der Waals surface area contributed by atoms with Gasteiger partial charge in [0.2, 0.25) is 5.91 Å². The number of carbonyl (C=O) groups excluding carboxylic acids is 1. The van der Waals surface area contributed by atoms with Crippen LogP contribution in [0.25, 0.3) is 0 Å². The van der Waals surface area contributed by atoms with Crippen LogP contribution in [0.4, 0.5) is 5.69 Å². The maximum atomic E-state index is 12.3. The Morgan fingerprint density at radius 3 is 2.96 bits per heavy atom. The van der Waals surface area contributed by atoms with Gasteiger partial charge in [0.1, 0.15) is 5.75 Å². The van der Waals surface area contributed by atoms with Crippen LogP contribution in [0.1, 0.15) is 33.1 Å². The van der Waals surface area contributed by atoms with Crippen LogP contribution in [-0.4, -0.2) is 25.6 Å². The molecule has 1 aromatic rings. The van der Waals surface area contributed by atoms with Crippen molar-refractivity contribution in [3.8, 4) is 5.75 Å². The van der Waals surface area contributed by atoms with Crippen LogP contribution >= 0.6 is 28.3 Å². The van der Waals surface area contributed by atoms with Crippen LogP contribution in [0.15, 0.2) is 22.7 Å². The van der Waals surface area contributed by atoms with Gasteiger partial charge in [-0.1, -0.05) is 22.9 Å². The monoisotopic (exact) mass is 404 g/mol. The van der Waals surface area contributed by atoms with E-state index in [-0.39, 0.29) is 18.3 Å². The average Bonchev–Trinajstić information content (AvgIpc) is 2.51. The number of amides is 1. The van der Waals surface area contributed by atoms with Crippen molar-refractivity contribution in [1.29, 1.82) is 0 Å². The summed E-state index contributed by atoms with van der Waals surface area (Å²) in [4.78, 5) is 12.3. The molecule has 2 unspecified atom stereocenters. The van der Waals surface area contributed by atoms with Gasteiger partial charge in [-0.15, -0.1) is 12.4 Å². The second kappa shape index (κ2) is 10.2. The van der Waals surface area contributed by atoms with E-state index in [4.69, 9.17) is 4.74 Å². The van der Waals surface area contributed by atoms with Gasteiger partial charge in [-0.2, -0.15) is 0 Å². The summed E-state index contributed by atoms with van der Waals surface area (Å²) in [6.07, 6.45) is 2.97. The zero-order valence-electron chi connectivity index (χ0n) is 13.7. The van der Waals surface area contributed by atoms with E-state index in [1.807, 2.05) is 25.1 Å². The second-order valence-corrected chi connectivity index (χ2v) is 6.83. The molecule has 0 radical (unpaired) electrons. The lowest BCUT2D eigenvalue weighted by Crippen LogP contribution is -2.34. The molecule has 1 fully saturated rings. The summed E-state index contributed by atoms with van der Waals surface area (Å²) in [5, 5.41) is 6.40.